The lowest BCUT2D eigenvalue weighted by Gasteiger charge is -2.14. The summed E-state index contributed by atoms with van der Waals surface area (Å²) in [6.45, 7) is 1.55. The Balaban J connectivity index is 1.63. The third kappa shape index (κ3) is 3.95. The topological polar surface area (TPSA) is 41.5 Å². The first-order valence-electron chi connectivity index (χ1n) is 7.70. The Morgan fingerprint density at radius 3 is 2.04 bits per heavy atom. The molecule has 1 fully saturated rings. The molecule has 1 aliphatic heterocycles. The van der Waals surface area contributed by atoms with E-state index < -0.39 is 17.8 Å². The second-order valence-electron chi connectivity index (χ2n) is 5.85. The maximum Gasteiger partial charge on any atom is 0.416 e. The molecule has 0 unspecified atom stereocenters. The van der Waals surface area contributed by atoms with Crippen molar-refractivity contribution >= 4 is 0 Å². The summed E-state index contributed by atoms with van der Waals surface area (Å²) < 4.78 is 43.4. The number of β-amino-alcohol motifs (C(OH)–C–C–N with tert-alkyl or cyclic N) is 1. The Bertz CT molecular complexity index is 668. The molecule has 0 aromatic heterocycles. The summed E-state index contributed by atoms with van der Waals surface area (Å²) in [7, 11) is 0. The predicted octanol–water partition coefficient (Wildman–Crippen LogP) is 3.22. The van der Waals surface area contributed by atoms with E-state index in [9.17, 15) is 18.3 Å². The van der Waals surface area contributed by atoms with Crippen LogP contribution in [0.1, 0.15) is 11.1 Å². The largest absolute Gasteiger partial charge is 0.416 e. The van der Waals surface area contributed by atoms with Crippen LogP contribution in [0.15, 0.2) is 48.5 Å². The summed E-state index contributed by atoms with van der Waals surface area (Å²) in [5.74, 6) is 0. The molecule has 0 amide bonds. The number of nitrogens with one attached hydrogen (secondary N) is 1. The molecule has 1 aliphatic rings. The fraction of sp³-hybridized carbons (Fsp3) is 0.333. The van der Waals surface area contributed by atoms with E-state index in [2.05, 4.69) is 5.32 Å². The van der Waals surface area contributed by atoms with Crippen molar-refractivity contribution in [3.8, 4) is 11.1 Å². The van der Waals surface area contributed by atoms with Gasteiger partial charge in [0.2, 0.25) is 0 Å². The van der Waals surface area contributed by atoms with Crippen LogP contribution in [0.2, 0.25) is 0 Å². The van der Waals surface area contributed by atoms with Gasteiger partial charge in [0.15, 0.2) is 0 Å². The highest BCUT2D eigenvalue weighted by atomic mass is 19.4. The van der Waals surface area contributed by atoms with Crippen LogP contribution >= 0.6 is 0 Å². The lowest BCUT2D eigenvalue weighted by Crippen LogP contribution is -2.26. The van der Waals surface area contributed by atoms with Gasteiger partial charge in [-0.1, -0.05) is 36.4 Å². The van der Waals surface area contributed by atoms with Crippen LogP contribution in [0.5, 0.6) is 0 Å². The van der Waals surface area contributed by atoms with Gasteiger partial charge in [0.25, 0.3) is 0 Å². The van der Waals surface area contributed by atoms with Gasteiger partial charge in [-0.15, -0.1) is 0 Å². The molecule has 128 valence electrons. The van der Waals surface area contributed by atoms with Gasteiger partial charge < -0.3 is 15.2 Å². The molecule has 2 atom stereocenters. The smallest absolute Gasteiger partial charge is 0.389 e. The number of ether oxygens (including phenoxy) is 1. The maximum absolute atomic E-state index is 12.6. The summed E-state index contributed by atoms with van der Waals surface area (Å²) in [6, 6.07) is 12.6. The van der Waals surface area contributed by atoms with Crippen molar-refractivity contribution in [3.05, 3.63) is 59.7 Å². The maximum atomic E-state index is 12.6. The minimum Gasteiger partial charge on any atom is -0.389 e. The van der Waals surface area contributed by atoms with Crippen molar-refractivity contribution in [1.29, 1.82) is 0 Å². The lowest BCUT2D eigenvalue weighted by atomic mass is 10.0. The number of aliphatic hydroxyl groups excluding tert-OH is 1. The Hall–Kier alpha value is -1.89. The first kappa shape index (κ1) is 17.0. The molecule has 3 nitrogen and oxygen atoms in total. The van der Waals surface area contributed by atoms with E-state index in [1.165, 1.54) is 12.1 Å². The molecule has 0 bridgehead atoms. The van der Waals surface area contributed by atoms with Crippen molar-refractivity contribution in [2.24, 2.45) is 0 Å². The fourth-order valence-electron chi connectivity index (χ4n) is 2.66. The van der Waals surface area contributed by atoms with Gasteiger partial charge in [-0.2, -0.15) is 13.2 Å². The van der Waals surface area contributed by atoms with E-state index in [0.717, 1.165) is 28.8 Å². The van der Waals surface area contributed by atoms with E-state index in [-0.39, 0.29) is 6.10 Å². The summed E-state index contributed by atoms with van der Waals surface area (Å²) in [6.07, 6.45) is -5.02. The number of hydrogen-bond donors (Lipinski definition) is 2. The molecule has 24 heavy (non-hydrogen) atoms. The lowest BCUT2D eigenvalue weighted by molar-refractivity contribution is -0.137. The van der Waals surface area contributed by atoms with Crippen LogP contribution in [-0.4, -0.2) is 30.4 Å². The van der Waals surface area contributed by atoms with E-state index in [4.69, 9.17) is 4.74 Å². The third-order valence-corrected chi connectivity index (χ3v) is 4.09. The molecule has 2 aromatic carbocycles. The summed E-state index contributed by atoms with van der Waals surface area (Å²) in [4.78, 5) is 0. The molecular weight excluding hydrogens is 319 g/mol. The normalized spacial score (nSPS) is 21.2. The molecule has 2 N–H and O–H groups in total. The molecule has 1 heterocycles. The van der Waals surface area contributed by atoms with E-state index in [0.29, 0.717) is 19.7 Å². The van der Waals surface area contributed by atoms with E-state index in [1.807, 2.05) is 24.3 Å². The Labute approximate surface area is 138 Å². The zero-order chi connectivity index (χ0) is 17.2. The van der Waals surface area contributed by atoms with Crippen LogP contribution in [0.3, 0.4) is 0 Å². The molecule has 0 radical (unpaired) electrons. The average molecular weight is 337 g/mol. The van der Waals surface area contributed by atoms with Gasteiger partial charge in [0.1, 0.15) is 0 Å². The Morgan fingerprint density at radius 2 is 1.54 bits per heavy atom. The number of aliphatic hydroxyl groups is 1. The SMILES string of the molecule is O[C@H]1CNC[C@@H]1OCc1ccc(-c2ccc(C(F)(F)F)cc2)cc1. The van der Waals surface area contributed by atoms with Gasteiger partial charge in [-0.05, 0) is 28.8 Å². The van der Waals surface area contributed by atoms with Crippen molar-refractivity contribution in [2.75, 3.05) is 13.1 Å². The second kappa shape index (κ2) is 6.93. The second-order valence-corrected chi connectivity index (χ2v) is 5.85. The van der Waals surface area contributed by atoms with Crippen LogP contribution in [0.25, 0.3) is 11.1 Å². The zero-order valence-electron chi connectivity index (χ0n) is 12.9. The third-order valence-electron chi connectivity index (χ3n) is 4.09. The van der Waals surface area contributed by atoms with Gasteiger partial charge >= 0.3 is 6.18 Å². The Kier molecular flexibility index (Phi) is 4.89. The first-order chi connectivity index (χ1) is 11.4. The highest BCUT2D eigenvalue weighted by Gasteiger charge is 2.30. The molecule has 0 saturated carbocycles. The number of benzene rings is 2. The van der Waals surface area contributed by atoms with E-state index >= 15 is 0 Å². The van der Waals surface area contributed by atoms with Crippen LogP contribution < -0.4 is 5.32 Å². The van der Waals surface area contributed by atoms with Gasteiger partial charge in [-0.25, -0.2) is 0 Å². The highest BCUT2D eigenvalue weighted by Crippen LogP contribution is 2.31. The molecule has 6 heteroatoms. The summed E-state index contributed by atoms with van der Waals surface area (Å²) in [5, 5.41) is 12.7. The predicted molar refractivity (Wildman–Crippen MR) is 84.3 cm³/mol. The number of hydrogen-bond acceptors (Lipinski definition) is 3. The van der Waals surface area contributed by atoms with Crippen LogP contribution in [0, 0.1) is 0 Å². The molecule has 2 aromatic rings. The standard InChI is InChI=1S/C18H18F3NO2/c19-18(20,21)15-7-5-14(6-8-15)13-3-1-12(2-4-13)11-24-17-10-22-9-16(17)23/h1-8,16-17,22-23H,9-11H2/t16-,17-/m0/s1. The minimum atomic E-state index is -4.32. The molecule has 1 saturated heterocycles. The van der Waals surface area contributed by atoms with E-state index in [1.54, 1.807) is 0 Å². The highest BCUT2D eigenvalue weighted by molar-refractivity contribution is 5.64. The monoisotopic (exact) mass is 337 g/mol. The molecular formula is C18H18F3NO2. The number of rotatable bonds is 4. The Morgan fingerprint density at radius 1 is 0.958 bits per heavy atom. The van der Waals surface area contributed by atoms with Crippen LogP contribution in [-0.2, 0) is 17.5 Å². The fourth-order valence-corrected chi connectivity index (χ4v) is 2.66. The molecule has 3 rings (SSSR count). The first-order valence-corrected chi connectivity index (χ1v) is 7.70. The van der Waals surface area contributed by atoms with Crippen molar-refractivity contribution < 1.29 is 23.0 Å². The number of alkyl halides is 3. The van der Waals surface area contributed by atoms with Crippen LogP contribution in [0.4, 0.5) is 13.2 Å². The number of halogens is 3. The average Bonchev–Trinajstić information content (AvgIpc) is 2.98. The quantitative estimate of drug-likeness (QED) is 0.900. The summed E-state index contributed by atoms with van der Waals surface area (Å²) >= 11 is 0. The molecule has 0 aliphatic carbocycles. The van der Waals surface area contributed by atoms with Crippen molar-refractivity contribution in [3.63, 3.8) is 0 Å². The van der Waals surface area contributed by atoms with Crippen molar-refractivity contribution in [2.45, 2.75) is 25.0 Å². The van der Waals surface area contributed by atoms with Crippen molar-refractivity contribution in [1.82, 2.24) is 5.32 Å². The molecule has 0 spiro atoms. The minimum absolute atomic E-state index is 0.209. The van der Waals surface area contributed by atoms with Gasteiger partial charge in [0.05, 0.1) is 24.4 Å². The van der Waals surface area contributed by atoms with Gasteiger partial charge in [0, 0.05) is 13.1 Å². The zero-order valence-corrected chi connectivity index (χ0v) is 12.9. The summed E-state index contributed by atoms with van der Waals surface area (Å²) in [5.41, 5.74) is 1.87. The van der Waals surface area contributed by atoms with Gasteiger partial charge in [-0.3, -0.25) is 0 Å².